The van der Waals surface area contributed by atoms with Crippen LogP contribution in [0.3, 0.4) is 0 Å². The third-order valence-corrected chi connectivity index (χ3v) is 4.22. The maximum atomic E-state index is 13.5. The fraction of sp³-hybridized carbons (Fsp3) is 0.600. The van der Waals surface area contributed by atoms with Crippen molar-refractivity contribution in [1.82, 2.24) is 0 Å². The Morgan fingerprint density at radius 2 is 2.00 bits per heavy atom. The van der Waals surface area contributed by atoms with Crippen LogP contribution in [0, 0.1) is 11.7 Å². The second-order valence-corrected chi connectivity index (χ2v) is 6.74. The average Bonchev–Trinajstić information content (AvgIpc) is 2.50. The predicted octanol–water partition coefficient (Wildman–Crippen LogP) is 4.11. The number of aliphatic hydroxyl groups excluding tert-OH is 1. The minimum Gasteiger partial charge on any atom is -0.388 e. The smallest absolute Gasteiger partial charge is 0.142 e. The monoisotopic (exact) mass is 286 g/mol. The zero-order valence-corrected chi connectivity index (χ0v) is 12.5. The lowest BCUT2D eigenvalue weighted by atomic mass is 9.80. The third-order valence-electron chi connectivity index (χ3n) is 3.83. The van der Waals surface area contributed by atoms with Crippen molar-refractivity contribution in [2.75, 3.05) is 0 Å². The van der Waals surface area contributed by atoms with Gasteiger partial charge in [0, 0.05) is 11.5 Å². The molecule has 0 radical (unpaired) electrons. The number of halogens is 2. The van der Waals surface area contributed by atoms with E-state index in [4.69, 9.17) is 16.3 Å². The Bertz CT molecular complexity index is 485. The first-order valence-electron chi connectivity index (χ1n) is 6.46. The average molecular weight is 287 g/mol. The van der Waals surface area contributed by atoms with Crippen LogP contribution in [0.1, 0.15) is 45.8 Å². The molecular formula is C15H20ClFO2. The van der Waals surface area contributed by atoms with Gasteiger partial charge in [-0.3, -0.25) is 0 Å². The largest absolute Gasteiger partial charge is 0.388 e. The quantitative estimate of drug-likeness (QED) is 0.887. The molecule has 0 amide bonds. The van der Waals surface area contributed by atoms with Crippen molar-refractivity contribution in [3.63, 3.8) is 0 Å². The van der Waals surface area contributed by atoms with Crippen molar-refractivity contribution >= 4 is 11.6 Å². The van der Waals surface area contributed by atoms with Crippen LogP contribution in [0.25, 0.3) is 0 Å². The molecule has 19 heavy (non-hydrogen) atoms. The fourth-order valence-electron chi connectivity index (χ4n) is 3.06. The molecule has 2 rings (SSSR count). The van der Waals surface area contributed by atoms with Gasteiger partial charge in [0.1, 0.15) is 5.82 Å². The Kier molecular flexibility index (Phi) is 3.67. The highest BCUT2D eigenvalue weighted by atomic mass is 35.5. The molecule has 2 unspecified atom stereocenters. The third kappa shape index (κ3) is 2.78. The summed E-state index contributed by atoms with van der Waals surface area (Å²) < 4.78 is 19.5. The summed E-state index contributed by atoms with van der Waals surface area (Å²) >= 11 is 5.95. The molecule has 0 bridgehead atoms. The van der Waals surface area contributed by atoms with E-state index in [9.17, 15) is 9.50 Å². The zero-order valence-electron chi connectivity index (χ0n) is 11.7. The van der Waals surface area contributed by atoms with Gasteiger partial charge in [-0.05, 0) is 40.2 Å². The molecule has 1 aromatic rings. The van der Waals surface area contributed by atoms with E-state index in [1.165, 1.54) is 6.07 Å². The van der Waals surface area contributed by atoms with Crippen LogP contribution in [-0.2, 0) is 4.74 Å². The van der Waals surface area contributed by atoms with Crippen LogP contribution in [0.5, 0.6) is 0 Å². The van der Waals surface area contributed by atoms with E-state index >= 15 is 0 Å². The lowest BCUT2D eigenvalue weighted by Gasteiger charge is -2.30. The van der Waals surface area contributed by atoms with Gasteiger partial charge in [0.2, 0.25) is 0 Å². The summed E-state index contributed by atoms with van der Waals surface area (Å²) in [6.45, 7) is 7.88. The minimum atomic E-state index is -0.833. The molecule has 1 fully saturated rings. The van der Waals surface area contributed by atoms with E-state index in [0.717, 1.165) is 0 Å². The topological polar surface area (TPSA) is 29.5 Å². The maximum absolute atomic E-state index is 13.5. The molecule has 0 spiro atoms. The molecule has 0 saturated carbocycles. The fourth-order valence-corrected chi connectivity index (χ4v) is 3.30. The Morgan fingerprint density at radius 1 is 1.37 bits per heavy atom. The summed E-state index contributed by atoms with van der Waals surface area (Å²) in [6, 6.07) is 4.52. The van der Waals surface area contributed by atoms with Gasteiger partial charge >= 0.3 is 0 Å². The first kappa shape index (κ1) is 14.8. The highest BCUT2D eigenvalue weighted by Gasteiger charge is 2.49. The molecule has 0 aromatic heterocycles. The summed E-state index contributed by atoms with van der Waals surface area (Å²) in [7, 11) is 0. The van der Waals surface area contributed by atoms with Crippen LogP contribution in [-0.4, -0.2) is 16.3 Å². The molecule has 1 aliphatic rings. The van der Waals surface area contributed by atoms with Crippen LogP contribution < -0.4 is 0 Å². The molecule has 1 N–H and O–H groups in total. The van der Waals surface area contributed by atoms with Crippen molar-refractivity contribution in [2.45, 2.75) is 51.4 Å². The Balaban J connectivity index is 2.34. The highest BCUT2D eigenvalue weighted by Crippen LogP contribution is 2.48. The van der Waals surface area contributed by atoms with Gasteiger partial charge in [-0.1, -0.05) is 23.7 Å². The number of ether oxygens (including phenoxy) is 1. The van der Waals surface area contributed by atoms with Gasteiger partial charge in [0.15, 0.2) is 0 Å². The number of benzene rings is 1. The van der Waals surface area contributed by atoms with Crippen LogP contribution in [0.4, 0.5) is 4.39 Å². The minimum absolute atomic E-state index is 0.00416. The van der Waals surface area contributed by atoms with E-state index in [1.54, 1.807) is 12.1 Å². The normalized spacial score (nSPS) is 26.4. The SMILES string of the molecule is CC1(C)CC(C(O)c2cccc(F)c2Cl)C(C)(C)O1. The standard InChI is InChI=1S/C15H20ClFO2/c1-14(2)8-10(15(3,4)19-14)13(18)9-6-5-7-11(17)12(9)16/h5-7,10,13,18H,8H2,1-4H3. The molecule has 1 aliphatic heterocycles. The van der Waals surface area contributed by atoms with E-state index in [0.29, 0.717) is 12.0 Å². The summed E-state index contributed by atoms with van der Waals surface area (Å²) in [4.78, 5) is 0. The lowest BCUT2D eigenvalue weighted by molar-refractivity contribution is -0.0880. The van der Waals surface area contributed by atoms with Crippen LogP contribution in [0.15, 0.2) is 18.2 Å². The summed E-state index contributed by atoms with van der Waals surface area (Å²) in [6.07, 6.45) is -0.131. The van der Waals surface area contributed by atoms with Gasteiger partial charge in [-0.15, -0.1) is 0 Å². The predicted molar refractivity (Wildman–Crippen MR) is 73.7 cm³/mol. The zero-order chi connectivity index (χ0) is 14.4. The van der Waals surface area contributed by atoms with Crippen molar-refractivity contribution in [3.8, 4) is 0 Å². The Labute approximate surface area is 118 Å². The van der Waals surface area contributed by atoms with Crippen molar-refractivity contribution in [2.24, 2.45) is 5.92 Å². The van der Waals surface area contributed by atoms with E-state index in [-0.39, 0.29) is 16.5 Å². The second kappa shape index (κ2) is 4.72. The number of rotatable bonds is 2. The van der Waals surface area contributed by atoms with Crippen molar-refractivity contribution in [1.29, 1.82) is 0 Å². The number of aliphatic hydroxyl groups is 1. The molecule has 1 heterocycles. The second-order valence-electron chi connectivity index (χ2n) is 6.36. The Hall–Kier alpha value is -0.640. The first-order valence-corrected chi connectivity index (χ1v) is 6.84. The summed E-state index contributed by atoms with van der Waals surface area (Å²) in [5.74, 6) is -0.629. The number of hydrogen-bond donors (Lipinski definition) is 1. The van der Waals surface area contributed by atoms with Crippen molar-refractivity contribution < 1.29 is 14.2 Å². The van der Waals surface area contributed by atoms with Crippen molar-refractivity contribution in [3.05, 3.63) is 34.6 Å². The highest BCUT2D eigenvalue weighted by molar-refractivity contribution is 6.31. The maximum Gasteiger partial charge on any atom is 0.142 e. The molecule has 4 heteroatoms. The van der Waals surface area contributed by atoms with Gasteiger partial charge in [0.05, 0.1) is 22.3 Å². The first-order chi connectivity index (χ1) is 8.64. The summed E-state index contributed by atoms with van der Waals surface area (Å²) in [5.41, 5.74) is -0.339. The number of hydrogen-bond acceptors (Lipinski definition) is 2. The van der Waals surface area contributed by atoms with E-state index in [1.807, 2.05) is 27.7 Å². The summed E-state index contributed by atoms with van der Waals surface area (Å²) in [5, 5.41) is 10.6. The van der Waals surface area contributed by atoms with E-state index < -0.39 is 17.5 Å². The Morgan fingerprint density at radius 3 is 2.53 bits per heavy atom. The molecule has 1 aromatic carbocycles. The van der Waals surface area contributed by atoms with Crippen LogP contribution >= 0.6 is 11.6 Å². The molecule has 1 saturated heterocycles. The molecule has 106 valence electrons. The molecule has 0 aliphatic carbocycles. The molecule has 2 atom stereocenters. The van der Waals surface area contributed by atoms with E-state index in [2.05, 4.69) is 0 Å². The van der Waals surface area contributed by atoms with Gasteiger partial charge in [-0.2, -0.15) is 0 Å². The lowest BCUT2D eigenvalue weighted by Crippen LogP contribution is -2.32. The van der Waals surface area contributed by atoms with Crippen LogP contribution in [0.2, 0.25) is 5.02 Å². The van der Waals surface area contributed by atoms with Gasteiger partial charge in [-0.25, -0.2) is 4.39 Å². The molecular weight excluding hydrogens is 267 g/mol. The van der Waals surface area contributed by atoms with Gasteiger partial charge < -0.3 is 9.84 Å². The molecule has 2 nitrogen and oxygen atoms in total. The van der Waals surface area contributed by atoms with Gasteiger partial charge in [0.25, 0.3) is 0 Å².